The topological polar surface area (TPSA) is 103 Å². The average molecular weight is 284 g/mol. The van der Waals surface area contributed by atoms with Gasteiger partial charge in [0.1, 0.15) is 0 Å². The minimum absolute atomic E-state index is 0.0671. The Morgan fingerprint density at radius 3 is 2.84 bits per heavy atom. The van der Waals surface area contributed by atoms with E-state index >= 15 is 0 Å². The van der Waals surface area contributed by atoms with Gasteiger partial charge in [0, 0.05) is 31.0 Å². The molecular formula is C11H16N4O3S. The molecule has 3 N–H and O–H groups in total. The second kappa shape index (κ2) is 5.55. The summed E-state index contributed by atoms with van der Waals surface area (Å²) in [6, 6.07) is 3.18. The van der Waals surface area contributed by atoms with Gasteiger partial charge in [-0.2, -0.15) is 0 Å². The van der Waals surface area contributed by atoms with Crippen molar-refractivity contribution in [2.24, 2.45) is 5.73 Å². The van der Waals surface area contributed by atoms with Crippen LogP contribution in [0.15, 0.2) is 33.9 Å². The molecule has 0 atom stereocenters. The fraction of sp³-hybridized carbons (Fsp3) is 0.364. The molecule has 0 aliphatic carbocycles. The van der Waals surface area contributed by atoms with E-state index in [1.807, 2.05) is 11.5 Å². The fourth-order valence-electron chi connectivity index (χ4n) is 1.72. The van der Waals surface area contributed by atoms with E-state index in [-0.39, 0.29) is 11.4 Å². The lowest BCUT2D eigenvalue weighted by Crippen LogP contribution is -2.22. The Morgan fingerprint density at radius 2 is 2.32 bits per heavy atom. The van der Waals surface area contributed by atoms with E-state index < -0.39 is 10.0 Å². The lowest BCUT2D eigenvalue weighted by atomic mass is 10.4. The summed E-state index contributed by atoms with van der Waals surface area (Å²) < 4.78 is 33.3. The molecule has 2 aromatic rings. The second-order valence-electron chi connectivity index (χ2n) is 3.96. The number of sulfonamides is 1. The molecule has 19 heavy (non-hydrogen) atoms. The number of hydrogen-bond acceptors (Lipinski definition) is 5. The molecule has 0 aliphatic rings. The third-order valence-corrected chi connectivity index (χ3v) is 4.12. The van der Waals surface area contributed by atoms with Crippen molar-refractivity contribution in [1.82, 2.24) is 14.4 Å². The van der Waals surface area contributed by atoms with Crippen LogP contribution in [0.2, 0.25) is 0 Å². The van der Waals surface area contributed by atoms with E-state index in [9.17, 15) is 8.42 Å². The highest BCUT2D eigenvalue weighted by atomic mass is 32.2. The predicted molar refractivity (Wildman–Crippen MR) is 68.5 cm³/mol. The third-order valence-electron chi connectivity index (χ3n) is 2.75. The summed E-state index contributed by atoms with van der Waals surface area (Å²) in [7, 11) is -3.57. The fourth-order valence-corrected chi connectivity index (χ4v) is 2.78. The molecule has 0 saturated carbocycles. The zero-order chi connectivity index (χ0) is 13.9. The van der Waals surface area contributed by atoms with Crippen molar-refractivity contribution in [2.45, 2.75) is 31.5 Å². The molecule has 8 heteroatoms. The van der Waals surface area contributed by atoms with Crippen LogP contribution in [0, 0.1) is 0 Å². The van der Waals surface area contributed by atoms with Crippen LogP contribution in [0.5, 0.6) is 0 Å². The van der Waals surface area contributed by atoms with Gasteiger partial charge >= 0.3 is 0 Å². The minimum Gasteiger partial charge on any atom is -0.360 e. The van der Waals surface area contributed by atoms with Crippen molar-refractivity contribution in [2.75, 3.05) is 0 Å². The molecule has 104 valence electrons. The summed E-state index contributed by atoms with van der Waals surface area (Å²) in [5.41, 5.74) is 6.35. The Bertz CT molecular complexity index is 609. The van der Waals surface area contributed by atoms with Crippen molar-refractivity contribution in [3.05, 3.63) is 36.0 Å². The molecule has 2 heterocycles. The van der Waals surface area contributed by atoms with Crippen molar-refractivity contribution >= 4 is 10.0 Å². The van der Waals surface area contributed by atoms with Crippen LogP contribution < -0.4 is 10.5 Å². The number of nitrogens with one attached hydrogen (secondary N) is 1. The quantitative estimate of drug-likeness (QED) is 0.800. The van der Waals surface area contributed by atoms with E-state index in [0.29, 0.717) is 18.8 Å². The Hall–Kier alpha value is -1.64. The van der Waals surface area contributed by atoms with E-state index in [1.54, 1.807) is 18.3 Å². The van der Waals surface area contributed by atoms with Gasteiger partial charge in [-0.1, -0.05) is 5.16 Å². The normalized spacial score (nSPS) is 11.9. The van der Waals surface area contributed by atoms with E-state index in [0.717, 1.165) is 5.69 Å². The van der Waals surface area contributed by atoms with Crippen LogP contribution in [0.1, 0.15) is 18.4 Å². The van der Waals surface area contributed by atoms with Gasteiger partial charge in [0.05, 0.1) is 17.6 Å². The zero-order valence-electron chi connectivity index (χ0n) is 10.5. The highest BCUT2D eigenvalue weighted by molar-refractivity contribution is 7.89. The molecule has 7 nitrogen and oxygen atoms in total. The van der Waals surface area contributed by atoms with Crippen LogP contribution in [0.25, 0.3) is 0 Å². The van der Waals surface area contributed by atoms with Gasteiger partial charge < -0.3 is 14.8 Å². The number of rotatable bonds is 6. The van der Waals surface area contributed by atoms with Gasteiger partial charge in [-0.3, -0.25) is 0 Å². The van der Waals surface area contributed by atoms with Crippen molar-refractivity contribution in [3.63, 3.8) is 0 Å². The predicted octanol–water partition coefficient (Wildman–Crippen LogP) is 0.433. The molecule has 0 fully saturated rings. The molecule has 2 rings (SSSR count). The lowest BCUT2D eigenvalue weighted by molar-refractivity contribution is 0.380. The number of aryl methyl sites for hydroxylation is 1. The molecule has 0 spiro atoms. The van der Waals surface area contributed by atoms with Crippen molar-refractivity contribution < 1.29 is 12.9 Å². The Kier molecular flexibility index (Phi) is 4.03. The van der Waals surface area contributed by atoms with Crippen LogP contribution in [0.3, 0.4) is 0 Å². The molecule has 0 bridgehead atoms. The molecule has 0 amide bonds. The highest BCUT2D eigenvalue weighted by Crippen LogP contribution is 2.14. The number of aromatic nitrogens is 2. The molecule has 0 saturated heterocycles. The highest BCUT2D eigenvalue weighted by Gasteiger charge is 2.18. The van der Waals surface area contributed by atoms with Crippen LogP contribution >= 0.6 is 0 Å². The smallest absolute Gasteiger partial charge is 0.242 e. The number of nitrogens with two attached hydrogens (primary N) is 1. The van der Waals surface area contributed by atoms with Crippen molar-refractivity contribution in [3.8, 4) is 0 Å². The summed E-state index contributed by atoms with van der Waals surface area (Å²) >= 11 is 0. The van der Waals surface area contributed by atoms with Gasteiger partial charge in [0.25, 0.3) is 0 Å². The first-order valence-electron chi connectivity index (χ1n) is 5.85. The standard InChI is InChI=1S/C11H16N4O3S/c1-2-15-8-11(5-9(15)6-12)19(16,17)14-7-10-3-4-13-18-10/h3-5,8,14H,2,6-7,12H2,1H3. The van der Waals surface area contributed by atoms with Gasteiger partial charge in [-0.15, -0.1) is 0 Å². The third kappa shape index (κ3) is 3.03. The maximum atomic E-state index is 12.1. The molecule has 0 aromatic carbocycles. The maximum absolute atomic E-state index is 12.1. The Balaban J connectivity index is 2.17. The molecule has 0 unspecified atom stereocenters. The Morgan fingerprint density at radius 1 is 1.53 bits per heavy atom. The zero-order valence-corrected chi connectivity index (χ0v) is 11.4. The maximum Gasteiger partial charge on any atom is 0.242 e. The van der Waals surface area contributed by atoms with Gasteiger partial charge in [-0.05, 0) is 13.0 Å². The Labute approximate surface area is 111 Å². The first kappa shape index (κ1) is 13.8. The second-order valence-corrected chi connectivity index (χ2v) is 5.73. The summed E-state index contributed by atoms with van der Waals surface area (Å²) in [4.78, 5) is 0.203. The number of nitrogens with zero attached hydrogens (tertiary/aromatic N) is 2. The molecule has 2 aromatic heterocycles. The summed E-state index contributed by atoms with van der Waals surface area (Å²) in [6.45, 7) is 2.96. The monoisotopic (exact) mass is 284 g/mol. The SMILES string of the molecule is CCn1cc(S(=O)(=O)NCc2ccno2)cc1CN. The van der Waals surface area contributed by atoms with E-state index in [2.05, 4.69) is 9.88 Å². The number of hydrogen-bond donors (Lipinski definition) is 2. The lowest BCUT2D eigenvalue weighted by Gasteiger charge is -2.02. The minimum atomic E-state index is -3.57. The molecular weight excluding hydrogens is 268 g/mol. The van der Waals surface area contributed by atoms with Crippen molar-refractivity contribution in [1.29, 1.82) is 0 Å². The molecule has 0 radical (unpaired) electrons. The van der Waals surface area contributed by atoms with E-state index in [1.165, 1.54) is 6.20 Å². The van der Waals surface area contributed by atoms with Gasteiger partial charge in [0.15, 0.2) is 5.76 Å². The van der Waals surface area contributed by atoms with Crippen LogP contribution in [0.4, 0.5) is 0 Å². The van der Waals surface area contributed by atoms with Gasteiger partial charge in [-0.25, -0.2) is 13.1 Å². The first-order valence-corrected chi connectivity index (χ1v) is 7.33. The molecule has 0 aliphatic heterocycles. The van der Waals surface area contributed by atoms with E-state index in [4.69, 9.17) is 10.3 Å². The van der Waals surface area contributed by atoms with Crippen LogP contribution in [-0.4, -0.2) is 18.1 Å². The largest absolute Gasteiger partial charge is 0.360 e. The van der Waals surface area contributed by atoms with Crippen LogP contribution in [-0.2, 0) is 29.7 Å². The average Bonchev–Trinajstić information content (AvgIpc) is 3.05. The summed E-state index contributed by atoms with van der Waals surface area (Å²) in [6.07, 6.45) is 3.04. The van der Waals surface area contributed by atoms with Gasteiger partial charge in [0.2, 0.25) is 10.0 Å². The summed E-state index contributed by atoms with van der Waals surface area (Å²) in [5, 5.41) is 3.51. The first-order chi connectivity index (χ1) is 9.06. The summed E-state index contributed by atoms with van der Waals surface area (Å²) in [5.74, 6) is 0.456.